The van der Waals surface area contributed by atoms with Crippen molar-refractivity contribution >= 4 is 22.2 Å². The number of hydrogen-bond acceptors (Lipinski definition) is 5. The molecule has 2 aromatic heterocycles. The summed E-state index contributed by atoms with van der Waals surface area (Å²) >= 11 is 1.49. The van der Waals surface area contributed by atoms with Crippen LogP contribution < -0.4 is 5.32 Å². The first-order chi connectivity index (χ1) is 9.42. The van der Waals surface area contributed by atoms with Crippen LogP contribution in [0.1, 0.15) is 56.8 Å². The second-order valence-corrected chi connectivity index (χ2v) is 7.58. The molecule has 0 radical (unpaired) electrons. The van der Waals surface area contributed by atoms with Crippen molar-refractivity contribution in [2.45, 2.75) is 52.5 Å². The minimum absolute atomic E-state index is 0.00457. The predicted octanol–water partition coefficient (Wildman–Crippen LogP) is 2.12. The fourth-order valence-corrected chi connectivity index (χ4v) is 2.84. The zero-order chi connectivity index (χ0) is 14.3. The first-order valence-corrected chi connectivity index (χ1v) is 7.72. The topological polar surface area (TPSA) is 72.2 Å². The van der Waals surface area contributed by atoms with Gasteiger partial charge in [-0.3, -0.25) is 4.79 Å². The van der Waals surface area contributed by atoms with Crippen molar-refractivity contribution in [3.63, 3.8) is 0 Å². The number of carbonyl (C=O) groups is 1. The number of fused-ring (bicyclic) bond motifs is 1. The molecule has 1 N–H and O–H groups in total. The highest BCUT2D eigenvalue weighted by molar-refractivity contribution is 7.16. The van der Waals surface area contributed by atoms with Crippen molar-refractivity contribution < 1.29 is 4.79 Å². The highest BCUT2D eigenvalue weighted by Crippen LogP contribution is 2.39. The molecular weight excluding hydrogens is 274 g/mol. The molecule has 0 atom stereocenters. The summed E-state index contributed by atoms with van der Waals surface area (Å²) < 4.78 is 1.83. The minimum atomic E-state index is 0.00457. The van der Waals surface area contributed by atoms with Crippen LogP contribution in [0.4, 0.5) is 0 Å². The highest BCUT2D eigenvalue weighted by atomic mass is 32.1. The van der Waals surface area contributed by atoms with E-state index in [0.717, 1.165) is 15.8 Å². The van der Waals surface area contributed by atoms with E-state index >= 15 is 0 Å². The Morgan fingerprint density at radius 2 is 2.15 bits per heavy atom. The van der Waals surface area contributed by atoms with Gasteiger partial charge in [0.2, 0.25) is 10.9 Å². The molecule has 1 aliphatic carbocycles. The van der Waals surface area contributed by atoms with Gasteiger partial charge in [-0.15, -0.1) is 10.2 Å². The van der Waals surface area contributed by atoms with Gasteiger partial charge in [0.05, 0.1) is 6.54 Å². The summed E-state index contributed by atoms with van der Waals surface area (Å²) in [7, 11) is 0. The molecule has 2 heterocycles. The van der Waals surface area contributed by atoms with E-state index in [1.807, 2.05) is 4.52 Å². The predicted molar refractivity (Wildman–Crippen MR) is 76.6 cm³/mol. The molecule has 1 saturated carbocycles. The first-order valence-electron chi connectivity index (χ1n) is 6.90. The summed E-state index contributed by atoms with van der Waals surface area (Å²) in [5.74, 6) is 1.55. The standard InChI is InChI=1S/C13H19N5OS/c1-13(2,3)6-9(19)14-7-10-17-18-11(8-4-5-8)15-16-12(18)20-10/h8H,4-7H2,1-3H3,(H,14,19). The van der Waals surface area contributed by atoms with Crippen LogP contribution in [0.15, 0.2) is 0 Å². The Balaban J connectivity index is 1.64. The number of nitrogens with zero attached hydrogens (tertiary/aromatic N) is 4. The van der Waals surface area contributed by atoms with Crippen LogP contribution in [0.25, 0.3) is 4.96 Å². The lowest BCUT2D eigenvalue weighted by Gasteiger charge is -2.16. The second kappa shape index (κ2) is 4.80. The Kier molecular flexibility index (Phi) is 3.24. The molecule has 0 saturated heterocycles. The van der Waals surface area contributed by atoms with Crippen LogP contribution >= 0.6 is 11.3 Å². The summed E-state index contributed by atoms with van der Waals surface area (Å²) in [4.78, 5) is 12.6. The Hall–Kier alpha value is -1.50. The third kappa shape index (κ3) is 2.98. The molecule has 1 aliphatic rings. The molecule has 108 valence electrons. The van der Waals surface area contributed by atoms with Gasteiger partial charge >= 0.3 is 0 Å². The van der Waals surface area contributed by atoms with E-state index in [0.29, 0.717) is 18.9 Å². The van der Waals surface area contributed by atoms with E-state index in [1.165, 1.54) is 24.2 Å². The number of aromatic nitrogens is 4. The molecule has 0 unspecified atom stereocenters. The Bertz CT molecular complexity index is 635. The highest BCUT2D eigenvalue weighted by Gasteiger charge is 2.30. The zero-order valence-corrected chi connectivity index (χ0v) is 12.8. The first kappa shape index (κ1) is 13.5. The van der Waals surface area contributed by atoms with Gasteiger partial charge in [0, 0.05) is 12.3 Å². The molecule has 0 spiro atoms. The molecule has 6 nitrogen and oxygen atoms in total. The van der Waals surface area contributed by atoms with E-state index in [4.69, 9.17) is 0 Å². The van der Waals surface area contributed by atoms with Crippen LogP contribution in [-0.4, -0.2) is 25.7 Å². The lowest BCUT2D eigenvalue weighted by atomic mass is 9.92. The molecule has 7 heteroatoms. The molecule has 20 heavy (non-hydrogen) atoms. The van der Waals surface area contributed by atoms with Gasteiger partial charge in [-0.05, 0) is 18.3 Å². The molecule has 0 bridgehead atoms. The van der Waals surface area contributed by atoms with E-state index < -0.39 is 0 Å². The van der Waals surface area contributed by atoms with Crippen molar-refractivity contribution in [1.29, 1.82) is 0 Å². The molecule has 1 fully saturated rings. The van der Waals surface area contributed by atoms with Crippen molar-refractivity contribution in [3.05, 3.63) is 10.8 Å². The third-order valence-electron chi connectivity index (χ3n) is 3.13. The Morgan fingerprint density at radius 3 is 2.80 bits per heavy atom. The van der Waals surface area contributed by atoms with Crippen molar-refractivity contribution in [1.82, 2.24) is 25.1 Å². The largest absolute Gasteiger partial charge is 0.349 e. The smallest absolute Gasteiger partial charge is 0.234 e. The Morgan fingerprint density at radius 1 is 1.40 bits per heavy atom. The monoisotopic (exact) mass is 293 g/mol. The maximum atomic E-state index is 11.8. The van der Waals surface area contributed by atoms with E-state index in [1.54, 1.807) is 0 Å². The maximum absolute atomic E-state index is 11.8. The fraction of sp³-hybridized carbons (Fsp3) is 0.692. The van der Waals surface area contributed by atoms with Crippen LogP contribution in [0.5, 0.6) is 0 Å². The van der Waals surface area contributed by atoms with Gasteiger partial charge in [0.1, 0.15) is 5.01 Å². The quantitative estimate of drug-likeness (QED) is 0.937. The number of amides is 1. The van der Waals surface area contributed by atoms with Crippen LogP contribution in [0.3, 0.4) is 0 Å². The molecule has 0 aromatic carbocycles. The molecule has 0 aliphatic heterocycles. The van der Waals surface area contributed by atoms with Gasteiger partial charge in [-0.25, -0.2) is 0 Å². The van der Waals surface area contributed by atoms with Crippen LogP contribution in [0, 0.1) is 5.41 Å². The van der Waals surface area contributed by atoms with Crippen molar-refractivity contribution in [2.24, 2.45) is 5.41 Å². The summed E-state index contributed by atoms with van der Waals surface area (Å²) in [6.07, 6.45) is 2.87. The summed E-state index contributed by atoms with van der Waals surface area (Å²) in [5, 5.41) is 16.6. The average Bonchev–Trinajstić information content (AvgIpc) is 2.96. The van der Waals surface area contributed by atoms with Crippen molar-refractivity contribution in [3.8, 4) is 0 Å². The summed E-state index contributed by atoms with van der Waals surface area (Å²) in [5.41, 5.74) is 0.00457. The fourth-order valence-electron chi connectivity index (χ4n) is 2.06. The molecule has 2 aromatic rings. The average molecular weight is 293 g/mol. The van der Waals surface area contributed by atoms with E-state index in [-0.39, 0.29) is 11.3 Å². The molecular formula is C13H19N5OS. The van der Waals surface area contributed by atoms with Gasteiger partial charge in [-0.1, -0.05) is 32.1 Å². The SMILES string of the molecule is CC(C)(C)CC(=O)NCc1nn2c(C3CC3)nnc2s1. The minimum Gasteiger partial charge on any atom is -0.349 e. The van der Waals surface area contributed by atoms with Gasteiger partial charge in [0.25, 0.3) is 0 Å². The third-order valence-corrected chi connectivity index (χ3v) is 4.03. The number of nitrogens with one attached hydrogen (secondary N) is 1. The maximum Gasteiger partial charge on any atom is 0.234 e. The number of carbonyl (C=O) groups excluding carboxylic acids is 1. The lowest BCUT2D eigenvalue weighted by Crippen LogP contribution is -2.27. The normalized spacial score (nSPS) is 15.8. The van der Waals surface area contributed by atoms with E-state index in [2.05, 4.69) is 41.4 Å². The number of hydrogen-bond donors (Lipinski definition) is 1. The van der Waals surface area contributed by atoms with Gasteiger partial charge < -0.3 is 5.32 Å². The van der Waals surface area contributed by atoms with Crippen LogP contribution in [0.2, 0.25) is 0 Å². The zero-order valence-electron chi connectivity index (χ0n) is 12.0. The summed E-state index contributed by atoms with van der Waals surface area (Å²) in [6.45, 7) is 6.62. The Labute approximate surface area is 121 Å². The summed E-state index contributed by atoms with van der Waals surface area (Å²) in [6, 6.07) is 0. The molecule has 3 rings (SSSR count). The number of rotatable bonds is 4. The second-order valence-electron chi connectivity index (χ2n) is 6.54. The van der Waals surface area contributed by atoms with E-state index in [9.17, 15) is 4.79 Å². The molecule has 1 amide bonds. The van der Waals surface area contributed by atoms with Gasteiger partial charge in [0.15, 0.2) is 5.82 Å². The lowest BCUT2D eigenvalue weighted by molar-refractivity contribution is -0.122. The van der Waals surface area contributed by atoms with Gasteiger partial charge in [-0.2, -0.15) is 9.61 Å². The van der Waals surface area contributed by atoms with Crippen molar-refractivity contribution in [2.75, 3.05) is 0 Å². The van der Waals surface area contributed by atoms with Crippen LogP contribution in [-0.2, 0) is 11.3 Å².